The normalized spacial score (nSPS) is 26.5. The van der Waals surface area contributed by atoms with E-state index >= 15 is 0 Å². The van der Waals surface area contributed by atoms with Crippen molar-refractivity contribution in [2.24, 2.45) is 5.73 Å². The van der Waals surface area contributed by atoms with Gasteiger partial charge in [-0.25, -0.2) is 0 Å². The molecule has 3 atom stereocenters. The van der Waals surface area contributed by atoms with Gasteiger partial charge in [-0.05, 0) is 39.4 Å². The molecule has 0 saturated carbocycles. The minimum Gasteiger partial charge on any atom is -0.367 e. The Morgan fingerprint density at radius 2 is 1.95 bits per heavy atom. The number of likely N-dealkylation sites (N-methyl/N-ethyl adjacent to an activating group) is 1. The number of aromatic nitrogens is 1. The fourth-order valence-electron chi connectivity index (χ4n) is 2.63. The Kier molecular flexibility index (Phi) is 4.42. The van der Waals surface area contributed by atoms with Gasteiger partial charge in [0.25, 0.3) is 0 Å². The quantitative estimate of drug-likeness (QED) is 0.905. The van der Waals surface area contributed by atoms with E-state index in [1.807, 2.05) is 6.20 Å². The SMILES string of the molecule is CCC(N)c1ccc(N2CC(C)N(C)C(C)C2)cn1. The zero-order chi connectivity index (χ0) is 14.0. The molecule has 19 heavy (non-hydrogen) atoms. The first-order valence-electron chi connectivity index (χ1n) is 7.21. The molecule has 0 radical (unpaired) electrons. The lowest BCUT2D eigenvalue weighted by atomic mass is 10.1. The molecular weight excluding hydrogens is 236 g/mol. The fraction of sp³-hybridized carbons (Fsp3) is 0.667. The molecule has 106 valence electrons. The number of rotatable bonds is 3. The van der Waals surface area contributed by atoms with E-state index in [-0.39, 0.29) is 6.04 Å². The Hall–Kier alpha value is -1.13. The van der Waals surface area contributed by atoms with Gasteiger partial charge in [0.05, 0.1) is 17.6 Å². The maximum absolute atomic E-state index is 6.00. The highest BCUT2D eigenvalue weighted by Gasteiger charge is 2.26. The summed E-state index contributed by atoms with van der Waals surface area (Å²) in [6.45, 7) is 8.75. The number of nitrogens with zero attached hydrogens (tertiary/aromatic N) is 3. The van der Waals surface area contributed by atoms with Crippen LogP contribution in [0.2, 0.25) is 0 Å². The lowest BCUT2D eigenvalue weighted by Gasteiger charge is -2.43. The molecule has 3 unspecified atom stereocenters. The summed E-state index contributed by atoms with van der Waals surface area (Å²) in [6, 6.07) is 5.42. The molecular formula is C15H26N4. The molecule has 0 spiro atoms. The van der Waals surface area contributed by atoms with E-state index < -0.39 is 0 Å². The molecule has 1 fully saturated rings. The molecule has 4 nitrogen and oxygen atoms in total. The molecule has 0 aliphatic carbocycles. The van der Waals surface area contributed by atoms with Crippen molar-refractivity contribution in [3.63, 3.8) is 0 Å². The van der Waals surface area contributed by atoms with Gasteiger partial charge in [-0.3, -0.25) is 9.88 Å². The standard InChI is InChI=1S/C15H26N4/c1-5-14(16)15-7-6-13(8-17-15)19-9-11(2)18(4)12(3)10-19/h6-8,11-12,14H,5,9-10,16H2,1-4H3. The zero-order valence-electron chi connectivity index (χ0n) is 12.5. The largest absolute Gasteiger partial charge is 0.367 e. The molecule has 1 aromatic rings. The Morgan fingerprint density at radius 3 is 2.42 bits per heavy atom. The Bertz CT molecular complexity index is 391. The smallest absolute Gasteiger partial charge is 0.0572 e. The van der Waals surface area contributed by atoms with E-state index in [4.69, 9.17) is 5.73 Å². The second kappa shape index (κ2) is 5.88. The van der Waals surface area contributed by atoms with Crippen LogP contribution in [0.15, 0.2) is 18.3 Å². The molecule has 0 amide bonds. The van der Waals surface area contributed by atoms with Gasteiger partial charge in [0, 0.05) is 31.2 Å². The number of hydrogen-bond donors (Lipinski definition) is 1. The molecule has 1 aromatic heterocycles. The number of piperazine rings is 1. The summed E-state index contributed by atoms with van der Waals surface area (Å²) >= 11 is 0. The van der Waals surface area contributed by atoms with Crippen LogP contribution in [-0.2, 0) is 0 Å². The predicted octanol–water partition coefficient (Wildman–Crippen LogP) is 2.02. The molecule has 2 rings (SSSR count). The van der Waals surface area contributed by atoms with Gasteiger partial charge in [-0.1, -0.05) is 6.92 Å². The Morgan fingerprint density at radius 1 is 1.32 bits per heavy atom. The predicted molar refractivity (Wildman–Crippen MR) is 80.4 cm³/mol. The number of pyridine rings is 1. The molecule has 1 aliphatic rings. The molecule has 1 aliphatic heterocycles. The van der Waals surface area contributed by atoms with E-state index in [1.54, 1.807) is 0 Å². The molecule has 1 saturated heterocycles. The zero-order valence-corrected chi connectivity index (χ0v) is 12.5. The second-order valence-corrected chi connectivity index (χ2v) is 5.72. The van der Waals surface area contributed by atoms with Crippen LogP contribution in [0.4, 0.5) is 5.69 Å². The number of anilines is 1. The van der Waals surface area contributed by atoms with Crippen molar-refractivity contribution in [2.75, 3.05) is 25.0 Å². The van der Waals surface area contributed by atoms with E-state index in [1.165, 1.54) is 5.69 Å². The van der Waals surface area contributed by atoms with Crippen LogP contribution in [0.1, 0.15) is 38.9 Å². The summed E-state index contributed by atoms with van der Waals surface area (Å²) in [6.07, 6.45) is 2.89. The van der Waals surface area contributed by atoms with Crippen molar-refractivity contribution in [1.29, 1.82) is 0 Å². The van der Waals surface area contributed by atoms with Crippen LogP contribution in [0.25, 0.3) is 0 Å². The average molecular weight is 262 g/mol. The van der Waals surface area contributed by atoms with Gasteiger partial charge in [-0.15, -0.1) is 0 Å². The maximum atomic E-state index is 6.00. The van der Waals surface area contributed by atoms with E-state index in [0.717, 1.165) is 25.2 Å². The van der Waals surface area contributed by atoms with Crippen molar-refractivity contribution < 1.29 is 0 Å². The third-order valence-electron chi connectivity index (χ3n) is 4.32. The van der Waals surface area contributed by atoms with Crippen molar-refractivity contribution in [3.8, 4) is 0 Å². The average Bonchev–Trinajstić information content (AvgIpc) is 2.43. The lowest BCUT2D eigenvalue weighted by molar-refractivity contribution is 0.170. The molecule has 0 bridgehead atoms. The highest BCUT2D eigenvalue weighted by atomic mass is 15.3. The van der Waals surface area contributed by atoms with Crippen molar-refractivity contribution in [1.82, 2.24) is 9.88 Å². The summed E-state index contributed by atoms with van der Waals surface area (Å²) in [5.41, 5.74) is 8.20. The van der Waals surface area contributed by atoms with Gasteiger partial charge in [0.15, 0.2) is 0 Å². The molecule has 2 N–H and O–H groups in total. The first-order chi connectivity index (χ1) is 9.02. The van der Waals surface area contributed by atoms with Gasteiger partial charge >= 0.3 is 0 Å². The van der Waals surface area contributed by atoms with E-state index in [9.17, 15) is 0 Å². The summed E-state index contributed by atoms with van der Waals surface area (Å²) < 4.78 is 0. The highest BCUT2D eigenvalue weighted by Crippen LogP contribution is 2.22. The Balaban J connectivity index is 2.10. The van der Waals surface area contributed by atoms with Gasteiger partial charge in [0.1, 0.15) is 0 Å². The first kappa shape index (κ1) is 14.3. The van der Waals surface area contributed by atoms with E-state index in [0.29, 0.717) is 12.1 Å². The van der Waals surface area contributed by atoms with Crippen molar-refractivity contribution in [3.05, 3.63) is 24.0 Å². The summed E-state index contributed by atoms with van der Waals surface area (Å²) in [4.78, 5) is 9.37. The van der Waals surface area contributed by atoms with Crippen LogP contribution >= 0.6 is 0 Å². The summed E-state index contributed by atoms with van der Waals surface area (Å²) in [7, 11) is 2.20. The lowest BCUT2D eigenvalue weighted by Crippen LogP contribution is -2.55. The monoisotopic (exact) mass is 262 g/mol. The topological polar surface area (TPSA) is 45.4 Å². The minimum absolute atomic E-state index is 0.0550. The van der Waals surface area contributed by atoms with Crippen LogP contribution < -0.4 is 10.6 Å². The number of nitrogens with two attached hydrogens (primary N) is 1. The van der Waals surface area contributed by atoms with Gasteiger partial charge in [0.2, 0.25) is 0 Å². The number of hydrogen-bond acceptors (Lipinski definition) is 4. The fourth-order valence-corrected chi connectivity index (χ4v) is 2.63. The maximum Gasteiger partial charge on any atom is 0.0572 e. The highest BCUT2D eigenvalue weighted by molar-refractivity contribution is 5.45. The third-order valence-corrected chi connectivity index (χ3v) is 4.32. The molecule has 0 aromatic carbocycles. The van der Waals surface area contributed by atoms with Gasteiger partial charge in [-0.2, -0.15) is 0 Å². The van der Waals surface area contributed by atoms with E-state index in [2.05, 4.69) is 54.7 Å². The van der Waals surface area contributed by atoms with Crippen molar-refractivity contribution >= 4 is 5.69 Å². The third kappa shape index (κ3) is 3.07. The van der Waals surface area contributed by atoms with Crippen LogP contribution in [-0.4, -0.2) is 42.1 Å². The summed E-state index contributed by atoms with van der Waals surface area (Å²) in [5.74, 6) is 0. The van der Waals surface area contributed by atoms with Gasteiger partial charge < -0.3 is 10.6 Å². The Labute approximate surface area is 116 Å². The van der Waals surface area contributed by atoms with Crippen molar-refractivity contribution in [2.45, 2.75) is 45.3 Å². The minimum atomic E-state index is 0.0550. The first-order valence-corrected chi connectivity index (χ1v) is 7.21. The summed E-state index contributed by atoms with van der Waals surface area (Å²) in [5, 5.41) is 0. The molecule has 2 heterocycles. The van der Waals surface area contributed by atoms with Crippen LogP contribution in [0.3, 0.4) is 0 Å². The van der Waals surface area contributed by atoms with Crippen LogP contribution in [0.5, 0.6) is 0 Å². The molecule has 4 heteroatoms. The van der Waals surface area contributed by atoms with Crippen LogP contribution in [0, 0.1) is 0 Å². The second-order valence-electron chi connectivity index (χ2n) is 5.72.